The highest BCUT2D eigenvalue weighted by Gasteiger charge is 2.23. The molecule has 0 saturated heterocycles. The maximum Gasteiger partial charge on any atom is 0.259 e. The number of terminal acetylenes is 1. The van der Waals surface area contributed by atoms with Crippen LogP contribution in [0.3, 0.4) is 0 Å². The van der Waals surface area contributed by atoms with E-state index in [-0.39, 0.29) is 17.6 Å². The molecule has 1 amide bonds. The molecule has 0 aliphatic heterocycles. The van der Waals surface area contributed by atoms with Crippen LogP contribution in [0.4, 0.5) is 5.69 Å². The third kappa shape index (κ3) is 7.68. The molecular formula is C27H35NO3. The number of hydrogen-bond acceptors (Lipinski definition) is 3. The molecule has 0 fully saturated rings. The van der Waals surface area contributed by atoms with E-state index in [1.807, 2.05) is 0 Å². The lowest BCUT2D eigenvalue weighted by molar-refractivity contribution is -0.112. The van der Waals surface area contributed by atoms with Crippen LogP contribution in [0.25, 0.3) is 0 Å². The predicted molar refractivity (Wildman–Crippen MR) is 128 cm³/mol. The van der Waals surface area contributed by atoms with Crippen LogP contribution in [0.5, 0.6) is 5.75 Å². The number of anilines is 1. The van der Waals surface area contributed by atoms with Crippen molar-refractivity contribution in [1.29, 1.82) is 0 Å². The van der Waals surface area contributed by atoms with Gasteiger partial charge in [0.15, 0.2) is 0 Å². The summed E-state index contributed by atoms with van der Waals surface area (Å²) in [5.41, 5.74) is 3.01. The van der Waals surface area contributed by atoms with Crippen molar-refractivity contribution in [3.05, 3.63) is 58.9 Å². The van der Waals surface area contributed by atoms with E-state index in [1.165, 1.54) is 5.57 Å². The first-order valence-electron chi connectivity index (χ1n) is 11.2. The van der Waals surface area contributed by atoms with Crippen LogP contribution in [-0.2, 0) is 4.79 Å². The summed E-state index contributed by atoms with van der Waals surface area (Å²) in [5, 5.41) is 14.0. The molecule has 0 heterocycles. The van der Waals surface area contributed by atoms with Crippen LogP contribution in [0.15, 0.2) is 58.9 Å². The Bertz CT molecular complexity index is 869. The minimum Gasteiger partial charge on any atom is -0.511 e. The van der Waals surface area contributed by atoms with E-state index in [0.717, 1.165) is 44.1 Å². The lowest BCUT2D eigenvalue weighted by atomic mass is 9.86. The molecule has 0 unspecified atom stereocenters. The van der Waals surface area contributed by atoms with E-state index >= 15 is 0 Å². The molecule has 2 N–H and O–H groups in total. The molecule has 31 heavy (non-hydrogen) atoms. The quantitative estimate of drug-likeness (QED) is 0.110. The molecule has 0 spiro atoms. The van der Waals surface area contributed by atoms with Gasteiger partial charge < -0.3 is 15.2 Å². The molecule has 1 aliphatic carbocycles. The fourth-order valence-electron chi connectivity index (χ4n) is 3.99. The Hall–Kier alpha value is -2.93. The zero-order valence-electron chi connectivity index (χ0n) is 19.0. The van der Waals surface area contributed by atoms with E-state index in [9.17, 15) is 9.90 Å². The van der Waals surface area contributed by atoms with Crippen LogP contribution < -0.4 is 10.1 Å². The van der Waals surface area contributed by atoms with E-state index in [1.54, 1.807) is 37.5 Å². The van der Waals surface area contributed by atoms with Crippen LogP contribution in [0, 0.1) is 18.3 Å². The first kappa shape index (κ1) is 24.3. The van der Waals surface area contributed by atoms with Crippen LogP contribution in [-0.4, -0.2) is 18.1 Å². The monoisotopic (exact) mass is 421 g/mol. The number of rotatable bonds is 10. The number of hydrogen-bond donors (Lipinski definition) is 2. The minimum absolute atomic E-state index is 0.111. The molecule has 4 nitrogen and oxygen atoms in total. The van der Waals surface area contributed by atoms with Gasteiger partial charge in [-0.05, 0) is 80.9 Å². The van der Waals surface area contributed by atoms with Gasteiger partial charge in [0.2, 0.25) is 0 Å². The number of methoxy groups -OCH3 is 1. The summed E-state index contributed by atoms with van der Waals surface area (Å²) >= 11 is 0. The zero-order valence-corrected chi connectivity index (χ0v) is 19.0. The van der Waals surface area contributed by atoms with E-state index < -0.39 is 0 Å². The number of carbonyl (C=O) groups is 1. The van der Waals surface area contributed by atoms with Gasteiger partial charge in [-0.3, -0.25) is 4.79 Å². The molecule has 4 heteroatoms. The van der Waals surface area contributed by atoms with Gasteiger partial charge in [-0.25, -0.2) is 0 Å². The van der Waals surface area contributed by atoms with Gasteiger partial charge in [-0.2, -0.15) is 0 Å². The number of nitrogens with one attached hydrogen (secondary N) is 1. The number of carbonyl (C=O) groups excluding carboxylic acids is 1. The highest BCUT2D eigenvalue weighted by molar-refractivity contribution is 6.07. The maximum absolute atomic E-state index is 13.3. The second kappa shape index (κ2) is 12.7. The van der Waals surface area contributed by atoms with Gasteiger partial charge in [0.05, 0.1) is 12.7 Å². The average Bonchev–Trinajstić information content (AvgIpc) is 2.74. The molecule has 1 aromatic rings. The van der Waals surface area contributed by atoms with Crippen molar-refractivity contribution in [3.63, 3.8) is 0 Å². The Kier molecular flexibility index (Phi) is 9.97. The first-order chi connectivity index (χ1) is 15.0. The van der Waals surface area contributed by atoms with Gasteiger partial charge in [0, 0.05) is 12.1 Å². The zero-order chi connectivity index (χ0) is 22.6. The van der Waals surface area contributed by atoms with Crippen molar-refractivity contribution < 1.29 is 14.6 Å². The Labute approximate surface area is 187 Å². The fraction of sp³-hybridized carbons (Fsp3) is 0.444. The lowest BCUT2D eigenvalue weighted by Crippen LogP contribution is -2.19. The summed E-state index contributed by atoms with van der Waals surface area (Å²) in [7, 11) is 1.60. The topological polar surface area (TPSA) is 58.6 Å². The van der Waals surface area contributed by atoms with Crippen LogP contribution in [0.1, 0.15) is 65.2 Å². The molecule has 1 aliphatic rings. The summed E-state index contributed by atoms with van der Waals surface area (Å²) in [6, 6.07) is 7.13. The number of aliphatic hydroxyl groups is 1. The smallest absolute Gasteiger partial charge is 0.259 e. The molecule has 1 aromatic carbocycles. The van der Waals surface area contributed by atoms with Crippen molar-refractivity contribution in [2.75, 3.05) is 12.4 Å². The molecule has 166 valence electrons. The summed E-state index contributed by atoms with van der Waals surface area (Å²) in [6.45, 7) is 4.26. The number of allylic oxidation sites excluding steroid dienone is 4. The van der Waals surface area contributed by atoms with Gasteiger partial charge >= 0.3 is 0 Å². The van der Waals surface area contributed by atoms with Gasteiger partial charge in [-0.15, -0.1) is 6.42 Å². The molecular weight excluding hydrogens is 386 g/mol. The van der Waals surface area contributed by atoms with Crippen molar-refractivity contribution in [3.8, 4) is 18.1 Å². The Morgan fingerprint density at radius 3 is 2.68 bits per heavy atom. The Morgan fingerprint density at radius 2 is 2.06 bits per heavy atom. The minimum atomic E-state index is -0.336. The average molecular weight is 422 g/mol. The second-order valence-corrected chi connectivity index (χ2v) is 8.17. The van der Waals surface area contributed by atoms with Crippen LogP contribution >= 0.6 is 0 Å². The number of amides is 1. The third-order valence-corrected chi connectivity index (χ3v) is 5.61. The number of unbranched alkanes of at least 4 members (excludes halogenated alkanes) is 2. The Balaban J connectivity index is 2.34. The van der Waals surface area contributed by atoms with Crippen molar-refractivity contribution >= 4 is 11.6 Å². The number of aliphatic hydroxyl groups excluding tert-OH is 1. The van der Waals surface area contributed by atoms with Gasteiger partial charge in [0.1, 0.15) is 11.5 Å². The maximum atomic E-state index is 13.3. The van der Waals surface area contributed by atoms with Gasteiger partial charge in [0.25, 0.3) is 5.91 Å². The molecule has 2 rings (SSSR count). The molecule has 1 atom stereocenters. The summed E-state index contributed by atoms with van der Waals surface area (Å²) in [4.78, 5) is 13.3. The van der Waals surface area contributed by atoms with Gasteiger partial charge in [-0.1, -0.05) is 37.3 Å². The number of ether oxygens (including phenoxy) is 1. The highest BCUT2D eigenvalue weighted by atomic mass is 16.5. The van der Waals surface area contributed by atoms with Crippen molar-refractivity contribution in [2.24, 2.45) is 5.92 Å². The van der Waals surface area contributed by atoms with E-state index in [2.05, 4.69) is 31.2 Å². The summed E-state index contributed by atoms with van der Waals surface area (Å²) < 4.78 is 5.18. The molecule has 0 aromatic heterocycles. The number of benzene rings is 1. The molecule has 0 bridgehead atoms. The fourth-order valence-corrected chi connectivity index (χ4v) is 3.99. The summed E-state index contributed by atoms with van der Waals surface area (Å²) in [5.74, 6) is 3.28. The SMILES string of the molecule is C#C/C=C(CCCCC)\C(C(=O)Nc1ccc(OC)cc1)=C(\O)C[C@@H]1C=C(C)CCC1. The standard InChI is InChI=1S/C27H35NO3/c1-5-7-8-13-22(10-6-2)26(25(29)19-21-12-9-11-20(3)18-21)27(30)28-23-14-16-24(31-4)17-15-23/h2,10,14-18,21,29H,5,7-9,11-13,19H2,1,3-4H3,(H,28,30)/b22-10-,26-25-/t21-/m0/s1. The lowest BCUT2D eigenvalue weighted by Gasteiger charge is -2.21. The summed E-state index contributed by atoms with van der Waals surface area (Å²) in [6.07, 6.45) is 16.8. The first-order valence-corrected chi connectivity index (χ1v) is 11.2. The molecule has 0 radical (unpaired) electrons. The van der Waals surface area contributed by atoms with E-state index in [0.29, 0.717) is 29.9 Å². The third-order valence-electron chi connectivity index (χ3n) is 5.61. The van der Waals surface area contributed by atoms with Crippen LogP contribution in [0.2, 0.25) is 0 Å². The second-order valence-electron chi connectivity index (χ2n) is 8.17. The molecule has 0 saturated carbocycles. The largest absolute Gasteiger partial charge is 0.511 e. The highest BCUT2D eigenvalue weighted by Crippen LogP contribution is 2.31. The van der Waals surface area contributed by atoms with E-state index in [4.69, 9.17) is 11.2 Å². The van der Waals surface area contributed by atoms with Crippen molar-refractivity contribution in [2.45, 2.75) is 65.2 Å². The Morgan fingerprint density at radius 1 is 1.32 bits per heavy atom. The predicted octanol–water partition coefficient (Wildman–Crippen LogP) is 6.72. The normalized spacial score (nSPS) is 17.3. The van der Waals surface area contributed by atoms with Crippen molar-refractivity contribution in [1.82, 2.24) is 0 Å².